The minimum atomic E-state index is -0.200. The zero-order valence-corrected chi connectivity index (χ0v) is 12.1. The van der Waals surface area contributed by atoms with Gasteiger partial charge in [0.15, 0.2) is 0 Å². The summed E-state index contributed by atoms with van der Waals surface area (Å²) < 4.78 is 12.2. The second-order valence-electron chi connectivity index (χ2n) is 6.28. The Morgan fingerprint density at radius 3 is 2.80 bits per heavy atom. The van der Waals surface area contributed by atoms with Gasteiger partial charge in [0.05, 0.1) is 6.67 Å². The van der Waals surface area contributed by atoms with Gasteiger partial charge in [0.25, 0.3) is 0 Å². The quantitative estimate of drug-likeness (QED) is 0.804. The van der Waals surface area contributed by atoms with Crippen molar-refractivity contribution in [2.75, 3.05) is 26.3 Å². The molecule has 1 heterocycles. The Morgan fingerprint density at radius 1 is 1.15 bits per heavy atom. The average Bonchev–Trinajstić information content (AvgIpc) is 3.01. The van der Waals surface area contributed by atoms with Crippen LogP contribution in [-0.4, -0.2) is 37.3 Å². The molecule has 1 aliphatic heterocycles. The second-order valence-corrected chi connectivity index (χ2v) is 6.28. The highest BCUT2D eigenvalue weighted by Gasteiger charge is 2.41. The van der Waals surface area contributed by atoms with E-state index in [1.807, 2.05) is 0 Å². The lowest BCUT2D eigenvalue weighted by molar-refractivity contribution is 0.288. The van der Waals surface area contributed by atoms with E-state index in [4.69, 9.17) is 0 Å². The van der Waals surface area contributed by atoms with Crippen LogP contribution in [0.2, 0.25) is 0 Å². The molecule has 1 aliphatic carbocycles. The van der Waals surface area contributed by atoms with Crippen LogP contribution in [-0.2, 0) is 6.54 Å². The fraction of sp³-hybridized carbons (Fsp3) is 0.647. The second kappa shape index (κ2) is 6.68. The van der Waals surface area contributed by atoms with E-state index in [0.29, 0.717) is 12.5 Å². The molecule has 0 spiro atoms. The lowest BCUT2D eigenvalue weighted by atomic mass is 9.98. The van der Waals surface area contributed by atoms with Gasteiger partial charge in [0.1, 0.15) is 0 Å². The average molecular weight is 276 g/mol. The van der Waals surface area contributed by atoms with Crippen molar-refractivity contribution in [3.63, 3.8) is 0 Å². The number of nitrogens with zero attached hydrogens (tertiary/aromatic N) is 1. The zero-order valence-electron chi connectivity index (χ0n) is 12.1. The third kappa shape index (κ3) is 3.21. The van der Waals surface area contributed by atoms with Crippen molar-refractivity contribution in [1.29, 1.82) is 0 Å². The maximum Gasteiger partial charge on any atom is 0.0906 e. The number of alkyl halides is 1. The van der Waals surface area contributed by atoms with Crippen LogP contribution >= 0.6 is 0 Å². The topological polar surface area (TPSA) is 15.3 Å². The van der Waals surface area contributed by atoms with Gasteiger partial charge >= 0.3 is 0 Å². The lowest BCUT2D eigenvalue weighted by Gasteiger charge is -2.21. The van der Waals surface area contributed by atoms with E-state index < -0.39 is 0 Å². The van der Waals surface area contributed by atoms with Crippen LogP contribution in [0.25, 0.3) is 0 Å². The number of likely N-dealkylation sites (tertiary alicyclic amines) is 1. The summed E-state index contributed by atoms with van der Waals surface area (Å²) in [6.07, 6.45) is 3.27. The molecule has 0 amide bonds. The van der Waals surface area contributed by atoms with Crippen LogP contribution in [0.15, 0.2) is 30.3 Å². The van der Waals surface area contributed by atoms with Crippen LogP contribution in [0.3, 0.4) is 0 Å². The largest absolute Gasteiger partial charge is 0.314 e. The molecule has 20 heavy (non-hydrogen) atoms. The predicted octanol–water partition coefficient (Wildman–Crippen LogP) is 2.85. The van der Waals surface area contributed by atoms with Crippen molar-refractivity contribution in [3.05, 3.63) is 35.9 Å². The van der Waals surface area contributed by atoms with E-state index in [1.54, 1.807) is 0 Å². The molecular weight excluding hydrogens is 251 g/mol. The summed E-state index contributed by atoms with van der Waals surface area (Å²) in [4.78, 5) is 2.59. The smallest absolute Gasteiger partial charge is 0.0906 e. The Balaban J connectivity index is 1.51. The van der Waals surface area contributed by atoms with Gasteiger partial charge in [0.2, 0.25) is 0 Å². The molecule has 3 rings (SSSR count). The highest BCUT2D eigenvalue weighted by Crippen LogP contribution is 2.38. The number of fused-ring (bicyclic) bond motifs is 1. The minimum Gasteiger partial charge on any atom is -0.314 e. The Kier molecular flexibility index (Phi) is 4.69. The van der Waals surface area contributed by atoms with E-state index in [0.717, 1.165) is 24.9 Å². The monoisotopic (exact) mass is 276 g/mol. The van der Waals surface area contributed by atoms with Crippen molar-refractivity contribution in [3.8, 4) is 0 Å². The van der Waals surface area contributed by atoms with E-state index >= 15 is 0 Å². The first kappa shape index (κ1) is 14.0. The molecule has 1 saturated heterocycles. The third-order valence-corrected chi connectivity index (χ3v) is 4.90. The van der Waals surface area contributed by atoms with Crippen LogP contribution in [0.5, 0.6) is 0 Å². The van der Waals surface area contributed by atoms with E-state index in [2.05, 4.69) is 40.5 Å². The molecule has 2 nitrogen and oxygen atoms in total. The first-order valence-electron chi connectivity index (χ1n) is 7.92. The zero-order chi connectivity index (χ0) is 13.8. The summed E-state index contributed by atoms with van der Waals surface area (Å²) in [6, 6.07) is 11.4. The summed E-state index contributed by atoms with van der Waals surface area (Å²) in [5.41, 5.74) is 1.41. The van der Waals surface area contributed by atoms with E-state index in [1.165, 1.54) is 31.5 Å². The Morgan fingerprint density at radius 2 is 2.00 bits per heavy atom. The maximum absolute atomic E-state index is 12.2. The summed E-state index contributed by atoms with van der Waals surface area (Å²) in [5.74, 6) is 1.62. The first-order valence-corrected chi connectivity index (χ1v) is 7.92. The van der Waals surface area contributed by atoms with Gasteiger partial charge in [-0.15, -0.1) is 0 Å². The molecular formula is C17H25FN2. The van der Waals surface area contributed by atoms with Gasteiger partial charge in [-0.3, -0.25) is 9.29 Å². The Hall–Kier alpha value is -0.930. The molecule has 0 aromatic heterocycles. The molecule has 0 bridgehead atoms. The normalized spacial score (nSPS) is 29.8. The molecule has 1 aromatic rings. The van der Waals surface area contributed by atoms with Crippen molar-refractivity contribution in [2.24, 2.45) is 11.8 Å². The summed E-state index contributed by atoms with van der Waals surface area (Å²) in [5, 5.41) is 3.57. The van der Waals surface area contributed by atoms with Gasteiger partial charge in [-0.25, -0.2) is 0 Å². The summed E-state index contributed by atoms with van der Waals surface area (Å²) >= 11 is 0. The molecule has 0 radical (unpaired) electrons. The standard InChI is InChI=1S/C17H25FN2/c18-9-4-10-19-17-8-7-15-12-20(13-16(15)17)11-14-5-2-1-3-6-14/h1-3,5-6,15-17,19H,4,7-13H2. The third-order valence-electron chi connectivity index (χ3n) is 4.90. The summed E-state index contributed by atoms with van der Waals surface area (Å²) in [7, 11) is 0. The van der Waals surface area contributed by atoms with Crippen molar-refractivity contribution in [2.45, 2.75) is 31.8 Å². The summed E-state index contributed by atoms with van der Waals surface area (Å²) in [6.45, 7) is 4.15. The molecule has 1 saturated carbocycles. The molecule has 2 aliphatic rings. The van der Waals surface area contributed by atoms with Gasteiger partial charge in [-0.1, -0.05) is 30.3 Å². The highest BCUT2D eigenvalue weighted by atomic mass is 19.1. The molecule has 1 N–H and O–H groups in total. The first-order chi connectivity index (χ1) is 9.86. The van der Waals surface area contributed by atoms with Gasteiger partial charge < -0.3 is 5.32 Å². The number of nitrogens with one attached hydrogen (secondary N) is 1. The minimum absolute atomic E-state index is 0.200. The highest BCUT2D eigenvalue weighted by molar-refractivity contribution is 5.15. The van der Waals surface area contributed by atoms with Crippen molar-refractivity contribution >= 4 is 0 Å². The lowest BCUT2D eigenvalue weighted by Crippen LogP contribution is -2.36. The molecule has 1 aromatic carbocycles. The van der Waals surface area contributed by atoms with Crippen LogP contribution in [0.4, 0.5) is 4.39 Å². The molecule has 3 atom stereocenters. The molecule has 3 heteroatoms. The van der Waals surface area contributed by atoms with Gasteiger partial charge in [-0.05, 0) is 43.2 Å². The number of benzene rings is 1. The SMILES string of the molecule is FCCCNC1CCC2CN(Cc3ccccc3)CC21. The molecule has 3 unspecified atom stereocenters. The fourth-order valence-corrected chi connectivity index (χ4v) is 3.94. The van der Waals surface area contributed by atoms with Crippen molar-refractivity contribution in [1.82, 2.24) is 10.2 Å². The van der Waals surface area contributed by atoms with Crippen molar-refractivity contribution < 1.29 is 4.39 Å². The number of halogens is 1. The van der Waals surface area contributed by atoms with Crippen LogP contribution in [0, 0.1) is 11.8 Å². The Bertz CT molecular complexity index is 409. The number of hydrogen-bond acceptors (Lipinski definition) is 2. The fourth-order valence-electron chi connectivity index (χ4n) is 3.94. The Labute approximate surface area is 121 Å². The van der Waals surface area contributed by atoms with E-state index in [9.17, 15) is 4.39 Å². The number of hydrogen-bond donors (Lipinski definition) is 1. The van der Waals surface area contributed by atoms with Gasteiger partial charge in [0, 0.05) is 25.7 Å². The van der Waals surface area contributed by atoms with Crippen LogP contribution < -0.4 is 5.32 Å². The number of rotatable bonds is 6. The predicted molar refractivity (Wildman–Crippen MR) is 80.3 cm³/mol. The molecule has 2 fully saturated rings. The van der Waals surface area contributed by atoms with E-state index in [-0.39, 0.29) is 6.67 Å². The maximum atomic E-state index is 12.2. The molecule has 110 valence electrons. The van der Waals surface area contributed by atoms with Gasteiger partial charge in [-0.2, -0.15) is 0 Å². The van der Waals surface area contributed by atoms with Crippen LogP contribution in [0.1, 0.15) is 24.8 Å².